The molecule has 0 saturated carbocycles. The van der Waals surface area contributed by atoms with Gasteiger partial charge in [-0.1, -0.05) is 39.0 Å². The Labute approximate surface area is 199 Å². The lowest BCUT2D eigenvalue weighted by atomic mass is 9.91. The van der Waals surface area contributed by atoms with Crippen molar-refractivity contribution in [2.75, 3.05) is 35.5 Å². The van der Waals surface area contributed by atoms with Crippen molar-refractivity contribution in [2.24, 2.45) is 11.8 Å². The molecule has 8 nitrogen and oxygen atoms in total. The molecule has 11 atom stereocenters. The Kier molecular flexibility index (Phi) is 11.4. The first-order chi connectivity index (χ1) is 15.8. The van der Waals surface area contributed by atoms with Crippen molar-refractivity contribution in [1.82, 2.24) is 0 Å². The highest BCUT2D eigenvalue weighted by atomic mass is 16.7. The molecule has 8 heteroatoms. The fourth-order valence-electron chi connectivity index (χ4n) is 4.83. The topological polar surface area (TPSA) is 88.1 Å². The summed E-state index contributed by atoms with van der Waals surface area (Å²) in [4.78, 5) is 0. The van der Waals surface area contributed by atoms with Crippen molar-refractivity contribution >= 4 is 0 Å². The van der Waals surface area contributed by atoms with Crippen LogP contribution in [0.15, 0.2) is 23.8 Å². The average molecular weight is 473 g/mol. The third-order valence-electron chi connectivity index (χ3n) is 7.01. The molecule has 0 aliphatic carbocycles. The van der Waals surface area contributed by atoms with E-state index in [0.29, 0.717) is 0 Å². The van der Waals surface area contributed by atoms with E-state index in [1.165, 1.54) is 0 Å². The summed E-state index contributed by atoms with van der Waals surface area (Å²) in [7, 11) is 8.17. The number of rotatable bonds is 13. The molecule has 2 aliphatic heterocycles. The summed E-state index contributed by atoms with van der Waals surface area (Å²) in [6.07, 6.45) is 4.20. The minimum Gasteiger partial charge on any atom is -0.390 e. The Bertz CT molecular complexity index is 634. The smallest absolute Gasteiger partial charge is 0.186 e. The predicted molar refractivity (Wildman–Crippen MR) is 125 cm³/mol. The molecule has 0 amide bonds. The lowest BCUT2D eigenvalue weighted by Gasteiger charge is -2.44. The molecule has 0 aromatic heterocycles. The monoisotopic (exact) mass is 472 g/mol. The molecular formula is C25H44O8. The molecule has 2 saturated heterocycles. The number of aliphatic hydroxyl groups excluding tert-OH is 1. The zero-order valence-corrected chi connectivity index (χ0v) is 21.6. The normalized spacial score (nSPS) is 36.5. The van der Waals surface area contributed by atoms with Gasteiger partial charge < -0.3 is 38.3 Å². The van der Waals surface area contributed by atoms with Crippen molar-refractivity contribution in [3.63, 3.8) is 0 Å². The number of methoxy groups -OCH3 is 5. The van der Waals surface area contributed by atoms with E-state index in [-0.39, 0.29) is 48.5 Å². The van der Waals surface area contributed by atoms with Crippen LogP contribution in [0.3, 0.4) is 0 Å². The van der Waals surface area contributed by atoms with Crippen LogP contribution < -0.4 is 0 Å². The molecule has 2 aliphatic rings. The standard InChI is InChI=1S/C25H44O8/c1-10-17(27-5)16(4)20-21(32-20)18(26)14(2)12-11-13-15(3)19-22(28-6)23(29-7)24(30-8)25(31-9)33-19/h11-14,16-26H,10H2,1-9H3/b12-11+,15-13+/t14-,16-,17+,18+,19+,20+,21+,22-,23+,24-,25+/m1/s1. The number of hydrogen-bond acceptors (Lipinski definition) is 8. The van der Waals surface area contributed by atoms with Crippen molar-refractivity contribution in [2.45, 2.75) is 89.2 Å². The fraction of sp³-hybridized carbons (Fsp3) is 0.840. The first-order valence-electron chi connectivity index (χ1n) is 11.8. The predicted octanol–water partition coefficient (Wildman–Crippen LogP) is 2.73. The van der Waals surface area contributed by atoms with E-state index in [2.05, 4.69) is 13.8 Å². The van der Waals surface area contributed by atoms with Crippen molar-refractivity contribution in [3.8, 4) is 0 Å². The molecule has 0 aromatic rings. The van der Waals surface area contributed by atoms with Gasteiger partial charge in [0.1, 0.15) is 30.5 Å². The highest BCUT2D eigenvalue weighted by molar-refractivity contribution is 5.19. The van der Waals surface area contributed by atoms with Crippen LogP contribution in [-0.2, 0) is 33.2 Å². The number of aliphatic hydroxyl groups is 1. The Morgan fingerprint density at radius 2 is 1.55 bits per heavy atom. The van der Waals surface area contributed by atoms with Crippen LogP contribution in [0.25, 0.3) is 0 Å². The third-order valence-corrected chi connectivity index (χ3v) is 7.01. The van der Waals surface area contributed by atoms with Gasteiger partial charge >= 0.3 is 0 Å². The van der Waals surface area contributed by atoms with E-state index < -0.39 is 18.5 Å². The van der Waals surface area contributed by atoms with Crippen molar-refractivity contribution in [1.29, 1.82) is 0 Å². The lowest BCUT2D eigenvalue weighted by molar-refractivity contribution is -0.295. The second-order valence-corrected chi connectivity index (χ2v) is 9.01. The minimum atomic E-state index is -0.576. The molecule has 0 aromatic carbocycles. The summed E-state index contributed by atoms with van der Waals surface area (Å²) < 4.78 is 39.9. The molecule has 192 valence electrons. The molecule has 0 bridgehead atoms. The van der Waals surface area contributed by atoms with E-state index in [1.54, 1.807) is 35.5 Å². The van der Waals surface area contributed by atoms with Gasteiger partial charge in [-0.25, -0.2) is 0 Å². The summed E-state index contributed by atoms with van der Waals surface area (Å²) in [6, 6.07) is 0. The van der Waals surface area contributed by atoms with E-state index in [4.69, 9.17) is 33.2 Å². The van der Waals surface area contributed by atoms with E-state index in [1.807, 2.05) is 32.1 Å². The van der Waals surface area contributed by atoms with Gasteiger partial charge in [-0.2, -0.15) is 0 Å². The first-order valence-corrected chi connectivity index (χ1v) is 11.8. The second-order valence-electron chi connectivity index (χ2n) is 9.01. The van der Waals surface area contributed by atoms with Gasteiger partial charge in [0.15, 0.2) is 6.29 Å². The Morgan fingerprint density at radius 1 is 0.909 bits per heavy atom. The number of ether oxygens (including phenoxy) is 7. The minimum absolute atomic E-state index is 0.0295. The Morgan fingerprint density at radius 3 is 2.06 bits per heavy atom. The molecule has 0 spiro atoms. The fourth-order valence-corrected chi connectivity index (χ4v) is 4.83. The van der Waals surface area contributed by atoms with Crippen LogP contribution in [0.2, 0.25) is 0 Å². The van der Waals surface area contributed by atoms with Crippen LogP contribution in [-0.4, -0.2) is 95.8 Å². The lowest BCUT2D eigenvalue weighted by Crippen LogP contribution is -2.60. The molecule has 0 radical (unpaired) electrons. The van der Waals surface area contributed by atoms with Gasteiger partial charge in [-0.3, -0.25) is 0 Å². The molecule has 2 fully saturated rings. The van der Waals surface area contributed by atoms with Gasteiger partial charge in [-0.15, -0.1) is 0 Å². The molecule has 1 N–H and O–H groups in total. The highest BCUT2D eigenvalue weighted by Crippen LogP contribution is 2.37. The maximum Gasteiger partial charge on any atom is 0.186 e. The molecule has 2 heterocycles. The van der Waals surface area contributed by atoms with Gasteiger partial charge in [0.25, 0.3) is 0 Å². The van der Waals surface area contributed by atoms with Gasteiger partial charge in [0, 0.05) is 47.4 Å². The second kappa shape index (κ2) is 13.3. The van der Waals surface area contributed by atoms with Gasteiger partial charge in [-0.05, 0) is 18.9 Å². The zero-order chi connectivity index (χ0) is 24.7. The SMILES string of the molecule is CC[C@H](OC)[C@@H](C)[C@@H]1O[C@H]1[C@@H](O)[C@H](C)/C=C/C=C(\C)[C@@H]1O[C@H](OC)[C@H](OC)[C@@H](OC)[C@@H]1OC. The molecule has 0 unspecified atom stereocenters. The van der Waals surface area contributed by atoms with Gasteiger partial charge in [0.2, 0.25) is 0 Å². The van der Waals surface area contributed by atoms with Crippen molar-refractivity contribution < 1.29 is 38.3 Å². The summed E-state index contributed by atoms with van der Waals surface area (Å²) >= 11 is 0. The summed E-state index contributed by atoms with van der Waals surface area (Å²) in [5.41, 5.74) is 0.957. The van der Waals surface area contributed by atoms with E-state index >= 15 is 0 Å². The van der Waals surface area contributed by atoms with Crippen molar-refractivity contribution in [3.05, 3.63) is 23.8 Å². The average Bonchev–Trinajstić information content (AvgIpc) is 3.63. The van der Waals surface area contributed by atoms with Crippen LogP contribution in [0, 0.1) is 11.8 Å². The van der Waals surface area contributed by atoms with Crippen LogP contribution >= 0.6 is 0 Å². The number of epoxide rings is 1. The maximum atomic E-state index is 10.8. The van der Waals surface area contributed by atoms with E-state index in [0.717, 1.165) is 12.0 Å². The molecule has 33 heavy (non-hydrogen) atoms. The zero-order valence-electron chi connectivity index (χ0n) is 21.6. The third kappa shape index (κ3) is 6.64. The summed E-state index contributed by atoms with van der Waals surface area (Å²) in [5, 5.41) is 10.8. The molecule has 2 rings (SSSR count). The quantitative estimate of drug-likeness (QED) is 0.323. The highest BCUT2D eigenvalue weighted by Gasteiger charge is 2.50. The Hall–Kier alpha value is -0.840. The maximum absolute atomic E-state index is 10.8. The first kappa shape index (κ1) is 28.4. The van der Waals surface area contributed by atoms with E-state index in [9.17, 15) is 5.11 Å². The summed E-state index contributed by atoms with van der Waals surface area (Å²) in [5.74, 6) is 0.173. The van der Waals surface area contributed by atoms with Gasteiger partial charge in [0.05, 0.1) is 18.3 Å². The number of allylic oxidation sites excluding steroid dienone is 2. The van der Waals surface area contributed by atoms with Crippen LogP contribution in [0.5, 0.6) is 0 Å². The van der Waals surface area contributed by atoms with Crippen LogP contribution in [0.4, 0.5) is 0 Å². The Balaban J connectivity index is 2.02. The molecular weight excluding hydrogens is 428 g/mol. The summed E-state index contributed by atoms with van der Waals surface area (Å²) in [6.45, 7) is 8.18. The number of hydrogen-bond donors (Lipinski definition) is 1. The largest absolute Gasteiger partial charge is 0.390 e. The van der Waals surface area contributed by atoms with Crippen LogP contribution in [0.1, 0.15) is 34.1 Å².